The first-order chi connectivity index (χ1) is 8.71. The quantitative estimate of drug-likeness (QED) is 0.288. The minimum Gasteiger partial charge on any atom is -0.125 e. The zero-order valence-corrected chi connectivity index (χ0v) is 21.6. The van der Waals surface area contributed by atoms with Crippen LogP contribution in [0.15, 0.2) is 0 Å². The van der Waals surface area contributed by atoms with E-state index in [4.69, 9.17) is 0 Å². The first kappa shape index (κ1) is 22.4. The average molecular weight is 458 g/mol. The number of hydrogen-bond acceptors (Lipinski definition) is 0. The maximum absolute atomic E-state index is 4.39. The van der Waals surface area contributed by atoms with E-state index >= 15 is 0 Å². The molecule has 0 N–H and O–H groups in total. The van der Waals surface area contributed by atoms with Crippen molar-refractivity contribution in [2.75, 3.05) is 0 Å². The molecule has 0 bridgehead atoms. The van der Waals surface area contributed by atoms with Crippen molar-refractivity contribution in [1.82, 2.24) is 0 Å². The molecular formula is C17H38Br2Si2. The molecule has 0 aromatic rings. The summed E-state index contributed by atoms with van der Waals surface area (Å²) in [5.74, 6) is 0. The summed E-state index contributed by atoms with van der Waals surface area (Å²) < 4.78 is 0. The van der Waals surface area contributed by atoms with Gasteiger partial charge in [-0.3, -0.25) is 0 Å². The molecule has 0 rings (SSSR count). The highest BCUT2D eigenvalue weighted by molar-refractivity contribution is 9.28. The highest BCUT2D eigenvalue weighted by atomic mass is 79.9. The summed E-state index contributed by atoms with van der Waals surface area (Å²) in [5.41, 5.74) is 1.36. The second kappa shape index (κ2) is 6.04. The highest BCUT2D eigenvalue weighted by Gasteiger charge is 2.61. The van der Waals surface area contributed by atoms with E-state index in [1.54, 1.807) is 0 Å². The lowest BCUT2D eigenvalue weighted by molar-refractivity contribution is 0.615. The second-order valence-electron chi connectivity index (χ2n) is 10.8. The van der Waals surface area contributed by atoms with Gasteiger partial charge in [0, 0.05) is 0 Å². The van der Waals surface area contributed by atoms with Crippen LogP contribution in [0.1, 0.15) is 83.1 Å². The van der Waals surface area contributed by atoms with Crippen LogP contribution in [0, 0.1) is 0 Å². The Balaban J connectivity index is 6.15. The van der Waals surface area contributed by atoms with E-state index in [2.05, 4.69) is 114 Å². The molecule has 0 aromatic carbocycles. The first-order valence-corrected chi connectivity index (χ1v) is 17.0. The van der Waals surface area contributed by atoms with Crippen molar-refractivity contribution in [3.63, 3.8) is 0 Å². The summed E-state index contributed by atoms with van der Waals surface area (Å²) in [7, 11) is 0. The van der Waals surface area contributed by atoms with Crippen LogP contribution in [-0.4, -0.2) is 13.4 Å². The second-order valence-corrected chi connectivity index (χ2v) is 29.5. The molecule has 0 aromatic heterocycles. The van der Waals surface area contributed by atoms with E-state index in [9.17, 15) is 0 Å². The third kappa shape index (κ3) is 4.27. The fourth-order valence-corrected chi connectivity index (χ4v) is 30.3. The number of halogens is 2. The van der Waals surface area contributed by atoms with Gasteiger partial charge in [0.05, 0.1) is 0 Å². The lowest BCUT2D eigenvalue weighted by Crippen LogP contribution is -2.57. The van der Waals surface area contributed by atoms with E-state index in [1.807, 2.05) is 0 Å². The monoisotopic (exact) mass is 456 g/mol. The largest absolute Gasteiger partial charge is 0.139 e. The van der Waals surface area contributed by atoms with Crippen molar-refractivity contribution in [2.45, 2.75) is 109 Å². The zero-order valence-electron chi connectivity index (χ0n) is 16.5. The topological polar surface area (TPSA) is 0 Å². The van der Waals surface area contributed by atoms with Crippen LogP contribution in [0.2, 0.25) is 25.8 Å². The fraction of sp³-hybridized carbons (Fsp3) is 1.00. The number of rotatable bonds is 2. The Hall–Kier alpha value is 1.39. The van der Waals surface area contributed by atoms with Crippen molar-refractivity contribution in [2.24, 2.45) is 0 Å². The van der Waals surface area contributed by atoms with Crippen LogP contribution < -0.4 is 0 Å². The van der Waals surface area contributed by atoms with Gasteiger partial charge in [-0.1, -0.05) is 83.1 Å². The molecule has 0 saturated carbocycles. The predicted octanol–water partition coefficient (Wildman–Crippen LogP) is 8.41. The Morgan fingerprint density at radius 2 is 0.619 bits per heavy atom. The van der Waals surface area contributed by atoms with Gasteiger partial charge in [0.25, 0.3) is 0 Å². The molecule has 0 aliphatic carbocycles. The Kier molecular flexibility index (Phi) is 6.44. The number of hydrogen-bond donors (Lipinski definition) is 0. The van der Waals surface area contributed by atoms with Gasteiger partial charge in [-0.05, 0) is 25.8 Å². The lowest BCUT2D eigenvalue weighted by Gasteiger charge is -2.56. The fourth-order valence-electron chi connectivity index (χ4n) is 3.65. The summed E-state index contributed by atoms with van der Waals surface area (Å²) in [4.78, 5) is 0. The normalized spacial score (nSPS) is 16.3. The van der Waals surface area contributed by atoms with E-state index < -0.39 is 13.4 Å². The molecule has 0 aliphatic heterocycles. The summed E-state index contributed by atoms with van der Waals surface area (Å²) >= 11 is 8.78. The molecule has 4 heteroatoms. The third-order valence-corrected chi connectivity index (χ3v) is 38.0. The van der Waals surface area contributed by atoms with E-state index in [0.29, 0.717) is 20.2 Å². The van der Waals surface area contributed by atoms with Gasteiger partial charge in [0.1, 0.15) is 13.4 Å². The zero-order chi connectivity index (χ0) is 17.7. The molecule has 0 heterocycles. The minimum atomic E-state index is -1.68. The van der Waals surface area contributed by atoms with Crippen LogP contribution in [0.25, 0.3) is 0 Å². The SMILES string of the molecule is CC(C)(C)[Si](Br)(C[Si](Br)(C(C)(C)C)C(C)(C)C)C(C)(C)C. The molecule has 0 radical (unpaired) electrons. The summed E-state index contributed by atoms with van der Waals surface area (Å²) in [6.45, 7) is 25.9. The smallest absolute Gasteiger partial charge is 0.125 e. The average Bonchev–Trinajstić information content (AvgIpc) is 2.09. The van der Waals surface area contributed by atoms with Crippen molar-refractivity contribution in [3.8, 4) is 0 Å². The van der Waals surface area contributed by atoms with Crippen LogP contribution in [-0.2, 0) is 0 Å². The summed E-state index contributed by atoms with van der Waals surface area (Å²) in [5, 5.41) is 1.36. The Bertz CT molecular complexity index is 298. The molecule has 0 fully saturated rings. The summed E-state index contributed by atoms with van der Waals surface area (Å²) in [6, 6.07) is 0. The summed E-state index contributed by atoms with van der Waals surface area (Å²) in [6.07, 6.45) is 0. The lowest BCUT2D eigenvalue weighted by atomic mass is 10.2. The highest BCUT2D eigenvalue weighted by Crippen LogP contribution is 2.65. The minimum absolute atomic E-state index is 0.341. The van der Waals surface area contributed by atoms with Crippen LogP contribution in [0.3, 0.4) is 0 Å². The van der Waals surface area contributed by atoms with Crippen LogP contribution in [0.4, 0.5) is 0 Å². The molecule has 0 unspecified atom stereocenters. The van der Waals surface area contributed by atoms with E-state index in [1.165, 1.54) is 5.67 Å². The molecule has 0 nitrogen and oxygen atoms in total. The molecule has 0 atom stereocenters. The van der Waals surface area contributed by atoms with Crippen LogP contribution >= 0.6 is 30.6 Å². The molecule has 0 saturated heterocycles. The van der Waals surface area contributed by atoms with Crippen molar-refractivity contribution in [1.29, 1.82) is 0 Å². The van der Waals surface area contributed by atoms with Gasteiger partial charge in [-0.2, -0.15) is 0 Å². The first-order valence-electron chi connectivity index (χ1n) is 8.09. The predicted molar refractivity (Wildman–Crippen MR) is 113 cm³/mol. The molecule has 128 valence electrons. The van der Waals surface area contributed by atoms with E-state index in [-0.39, 0.29) is 0 Å². The molecule has 0 aliphatic rings. The van der Waals surface area contributed by atoms with Gasteiger partial charge in [-0.25, -0.2) is 0 Å². The standard InChI is InChI=1S/C17H38Br2Si2/c1-14(2,3)20(18,15(4,5)6)13-21(19,16(7,8)9)17(10,11)12/h13H2,1-12H3. The molecule has 0 spiro atoms. The van der Waals surface area contributed by atoms with Crippen LogP contribution in [0.5, 0.6) is 0 Å². The third-order valence-electron chi connectivity index (χ3n) is 5.24. The van der Waals surface area contributed by atoms with Gasteiger partial charge in [-0.15, -0.1) is 30.6 Å². The maximum atomic E-state index is 4.39. The Morgan fingerprint density at radius 1 is 0.476 bits per heavy atom. The maximum Gasteiger partial charge on any atom is 0.139 e. The van der Waals surface area contributed by atoms with Gasteiger partial charge in [0.2, 0.25) is 0 Å². The van der Waals surface area contributed by atoms with Gasteiger partial charge in [0.15, 0.2) is 0 Å². The Morgan fingerprint density at radius 3 is 0.714 bits per heavy atom. The molecular weight excluding hydrogens is 420 g/mol. The van der Waals surface area contributed by atoms with Gasteiger partial charge < -0.3 is 0 Å². The molecule has 21 heavy (non-hydrogen) atoms. The molecule has 0 amide bonds. The Labute approximate surface area is 152 Å². The van der Waals surface area contributed by atoms with Gasteiger partial charge >= 0.3 is 0 Å². The van der Waals surface area contributed by atoms with Crippen molar-refractivity contribution < 1.29 is 0 Å². The van der Waals surface area contributed by atoms with Crippen molar-refractivity contribution >= 4 is 44.0 Å². The van der Waals surface area contributed by atoms with Crippen molar-refractivity contribution in [3.05, 3.63) is 0 Å². The van der Waals surface area contributed by atoms with E-state index in [0.717, 1.165) is 0 Å².